The third kappa shape index (κ3) is 4.74. The number of methoxy groups -OCH3 is 1. The molecule has 0 aliphatic carbocycles. The Bertz CT molecular complexity index is 1130. The molecule has 12 heteroatoms. The lowest BCUT2D eigenvalue weighted by Crippen LogP contribution is -2.63. The number of hydrogen-bond donors (Lipinski definition) is 0. The number of aromatic nitrogens is 1. The number of piperazine rings is 1. The summed E-state index contributed by atoms with van der Waals surface area (Å²) in [7, 11) is -2.64. The molecule has 2 aliphatic heterocycles. The average Bonchev–Trinajstić information content (AvgIpc) is 3.15. The summed E-state index contributed by atoms with van der Waals surface area (Å²) in [6.45, 7) is 0.255. The number of carbonyl (C=O) groups is 2. The van der Waals surface area contributed by atoms with Gasteiger partial charge in [-0.3, -0.25) is 4.90 Å². The second kappa shape index (κ2) is 10.0. The van der Waals surface area contributed by atoms with Crippen molar-refractivity contribution in [2.45, 2.75) is 36.0 Å². The third-order valence-corrected chi connectivity index (χ3v) is 7.64. The van der Waals surface area contributed by atoms with Crippen LogP contribution in [0.15, 0.2) is 47.6 Å². The van der Waals surface area contributed by atoms with Crippen molar-refractivity contribution in [3.8, 4) is 11.5 Å². The summed E-state index contributed by atoms with van der Waals surface area (Å²) in [6, 6.07) is 5.96. The van der Waals surface area contributed by atoms with Gasteiger partial charge in [-0.1, -0.05) is 0 Å². The molecule has 2 aromatic rings. The zero-order valence-corrected chi connectivity index (χ0v) is 19.2. The summed E-state index contributed by atoms with van der Waals surface area (Å²) in [4.78, 5) is 30.0. The minimum Gasteiger partial charge on any atom is -0.456 e. The van der Waals surface area contributed by atoms with Crippen molar-refractivity contribution >= 4 is 22.4 Å². The van der Waals surface area contributed by atoms with E-state index in [0.29, 0.717) is 24.9 Å². The Hall–Kier alpha value is -3.09. The van der Waals surface area contributed by atoms with Crippen LogP contribution in [0, 0.1) is 5.82 Å². The van der Waals surface area contributed by atoms with E-state index in [2.05, 4.69) is 4.98 Å². The van der Waals surface area contributed by atoms with E-state index in [1.807, 2.05) is 0 Å². The minimum atomic E-state index is -4.13. The van der Waals surface area contributed by atoms with Crippen LogP contribution in [0.4, 0.5) is 9.18 Å². The van der Waals surface area contributed by atoms with E-state index < -0.39 is 40.1 Å². The molecule has 4 rings (SSSR count). The van der Waals surface area contributed by atoms with E-state index >= 15 is 0 Å². The van der Waals surface area contributed by atoms with Crippen LogP contribution >= 0.6 is 0 Å². The molecule has 0 saturated carbocycles. The molecule has 34 heavy (non-hydrogen) atoms. The number of amides is 1. The molecule has 2 aliphatic rings. The Kier molecular flexibility index (Phi) is 7.10. The van der Waals surface area contributed by atoms with E-state index in [1.54, 1.807) is 0 Å². The topological polar surface area (TPSA) is 115 Å². The average molecular weight is 494 g/mol. The summed E-state index contributed by atoms with van der Waals surface area (Å²) in [5.74, 6) is 0.222. The van der Waals surface area contributed by atoms with Crippen molar-refractivity contribution in [2.75, 3.05) is 26.9 Å². The first-order valence-electron chi connectivity index (χ1n) is 10.7. The maximum atomic E-state index is 13.3. The fourth-order valence-electron chi connectivity index (χ4n) is 4.27. The molecule has 1 aromatic heterocycles. The second-order valence-corrected chi connectivity index (χ2v) is 9.74. The second-order valence-electron chi connectivity index (χ2n) is 7.90. The largest absolute Gasteiger partial charge is 0.456 e. The molecule has 1 aromatic carbocycles. The lowest BCUT2D eigenvalue weighted by Gasteiger charge is -2.43. The molecule has 0 radical (unpaired) electrons. The number of fused-ring (bicyclic) bond motifs is 2. The lowest BCUT2D eigenvalue weighted by molar-refractivity contribution is -0.114. The van der Waals surface area contributed by atoms with Crippen molar-refractivity contribution in [3.63, 3.8) is 0 Å². The predicted molar refractivity (Wildman–Crippen MR) is 116 cm³/mol. The van der Waals surface area contributed by atoms with Gasteiger partial charge in [0.15, 0.2) is 5.03 Å². The van der Waals surface area contributed by atoms with E-state index in [-0.39, 0.29) is 30.5 Å². The van der Waals surface area contributed by atoms with Crippen LogP contribution in [-0.2, 0) is 24.3 Å². The zero-order chi connectivity index (χ0) is 24.3. The van der Waals surface area contributed by atoms with Crippen molar-refractivity contribution < 1.29 is 36.6 Å². The molecule has 0 spiro atoms. The third-order valence-electron chi connectivity index (χ3n) is 5.86. The van der Waals surface area contributed by atoms with Crippen molar-refractivity contribution in [1.82, 2.24) is 14.2 Å². The van der Waals surface area contributed by atoms with Gasteiger partial charge in [-0.15, -0.1) is 0 Å². The SMILES string of the molecule is COCCOC(=O)N1[C@@H]2CC[C@H]1[C@H](C=O)N(S(=O)(=O)c1ccc(Oc3ccc(F)cc3)cn1)C2. The van der Waals surface area contributed by atoms with Crippen LogP contribution in [0.2, 0.25) is 0 Å². The van der Waals surface area contributed by atoms with E-state index in [4.69, 9.17) is 14.2 Å². The Labute approximate surface area is 196 Å². The van der Waals surface area contributed by atoms with Crippen molar-refractivity contribution in [1.29, 1.82) is 0 Å². The lowest BCUT2D eigenvalue weighted by atomic mass is 10.1. The number of nitrogens with zero attached hydrogens (tertiary/aromatic N) is 3. The fraction of sp³-hybridized carbons (Fsp3) is 0.409. The van der Waals surface area contributed by atoms with E-state index in [1.165, 1.54) is 54.6 Å². The van der Waals surface area contributed by atoms with Gasteiger partial charge < -0.3 is 19.0 Å². The summed E-state index contributed by atoms with van der Waals surface area (Å²) in [5, 5.41) is -0.249. The standard InChI is InChI=1S/C22H24FN3O7S/c1-31-10-11-32-22(28)26-16-4-8-19(26)20(14-27)25(13-16)34(29,30)21-9-7-18(12-24-21)33-17-5-2-15(23)3-6-17/h2-3,5-7,9,12,14,16,19-20H,4,8,10-11,13H2,1H3/t16-,19+,20+/m1/s1. The summed E-state index contributed by atoms with van der Waals surface area (Å²) in [5.41, 5.74) is 0. The highest BCUT2D eigenvalue weighted by Gasteiger charge is 2.52. The quantitative estimate of drug-likeness (QED) is 0.406. The Balaban J connectivity index is 1.50. The molecule has 0 unspecified atom stereocenters. The van der Waals surface area contributed by atoms with Crippen LogP contribution in [-0.4, -0.2) is 80.0 Å². The van der Waals surface area contributed by atoms with Crippen molar-refractivity contribution in [3.05, 3.63) is 48.4 Å². The Morgan fingerprint density at radius 1 is 1.15 bits per heavy atom. The first kappa shape index (κ1) is 24.0. The predicted octanol–water partition coefficient (Wildman–Crippen LogP) is 2.20. The molecule has 0 N–H and O–H groups in total. The van der Waals surface area contributed by atoms with E-state index in [9.17, 15) is 22.4 Å². The van der Waals surface area contributed by atoms with Crippen LogP contribution < -0.4 is 4.74 Å². The molecule has 10 nitrogen and oxygen atoms in total. The first-order valence-corrected chi connectivity index (χ1v) is 12.1. The Morgan fingerprint density at radius 3 is 2.53 bits per heavy atom. The van der Waals surface area contributed by atoms with Gasteiger partial charge in [0, 0.05) is 19.7 Å². The van der Waals surface area contributed by atoms with Gasteiger partial charge in [-0.25, -0.2) is 22.6 Å². The maximum Gasteiger partial charge on any atom is 0.410 e. The fourth-order valence-corrected chi connectivity index (χ4v) is 5.82. The Morgan fingerprint density at radius 2 is 1.88 bits per heavy atom. The van der Waals surface area contributed by atoms with Gasteiger partial charge in [0.2, 0.25) is 0 Å². The van der Waals surface area contributed by atoms with Gasteiger partial charge in [0.25, 0.3) is 10.0 Å². The van der Waals surface area contributed by atoms with Gasteiger partial charge in [0.1, 0.15) is 36.3 Å². The number of ether oxygens (including phenoxy) is 3. The molecule has 2 fully saturated rings. The van der Waals surface area contributed by atoms with Gasteiger partial charge in [0.05, 0.1) is 18.8 Å². The highest BCUT2D eigenvalue weighted by atomic mass is 32.2. The summed E-state index contributed by atoms with van der Waals surface area (Å²) < 4.78 is 56.5. The number of benzene rings is 1. The van der Waals surface area contributed by atoms with Gasteiger partial charge in [-0.05, 0) is 49.2 Å². The molecular weight excluding hydrogens is 469 g/mol. The molecule has 1 amide bonds. The van der Waals surface area contributed by atoms with Crippen molar-refractivity contribution in [2.24, 2.45) is 0 Å². The highest BCUT2D eigenvalue weighted by molar-refractivity contribution is 7.89. The number of rotatable bonds is 8. The normalized spacial score (nSPS) is 22.4. The number of carbonyl (C=O) groups excluding carboxylic acids is 2. The van der Waals surface area contributed by atoms with Crippen LogP contribution in [0.5, 0.6) is 11.5 Å². The summed E-state index contributed by atoms with van der Waals surface area (Å²) in [6.07, 6.45) is 2.24. The maximum absolute atomic E-state index is 13.3. The molecule has 2 bridgehead atoms. The first-order chi connectivity index (χ1) is 16.3. The van der Waals surface area contributed by atoms with Crippen LogP contribution in [0.25, 0.3) is 0 Å². The number of sulfonamides is 1. The monoisotopic (exact) mass is 493 g/mol. The van der Waals surface area contributed by atoms with E-state index in [0.717, 1.165) is 4.31 Å². The minimum absolute atomic E-state index is 0.0445. The molecular formula is C22H24FN3O7S. The zero-order valence-electron chi connectivity index (χ0n) is 18.4. The number of hydrogen-bond acceptors (Lipinski definition) is 8. The van der Waals surface area contributed by atoms with Crippen LogP contribution in [0.1, 0.15) is 12.8 Å². The number of pyridine rings is 1. The smallest absolute Gasteiger partial charge is 0.410 e. The van der Waals surface area contributed by atoms with Crippen LogP contribution in [0.3, 0.4) is 0 Å². The highest BCUT2D eigenvalue weighted by Crippen LogP contribution is 2.37. The number of aldehydes is 1. The van der Waals surface area contributed by atoms with Gasteiger partial charge >= 0.3 is 6.09 Å². The molecule has 182 valence electrons. The molecule has 3 atom stereocenters. The molecule has 3 heterocycles. The number of halogens is 1. The van der Waals surface area contributed by atoms with Gasteiger partial charge in [-0.2, -0.15) is 4.31 Å². The molecule has 2 saturated heterocycles. The summed E-state index contributed by atoms with van der Waals surface area (Å²) >= 11 is 0.